The van der Waals surface area contributed by atoms with E-state index in [1.807, 2.05) is 58.6 Å². The molecule has 3 aromatic heterocycles. The number of carboxylic acids is 1. The average molecular weight is 510 g/mol. The van der Waals surface area contributed by atoms with Gasteiger partial charge >= 0.3 is 5.97 Å². The molecular formula is C25H31N7O3S. The fourth-order valence-electron chi connectivity index (χ4n) is 4.80. The molecule has 5 rings (SSSR count). The predicted molar refractivity (Wildman–Crippen MR) is 137 cm³/mol. The lowest BCUT2D eigenvalue weighted by molar-refractivity contribution is -0.146. The number of hydrogen-bond acceptors (Lipinski definition) is 7. The first-order chi connectivity index (χ1) is 17.2. The van der Waals surface area contributed by atoms with Crippen LogP contribution in [0.25, 0.3) is 0 Å². The number of pyridine rings is 1. The molecule has 3 aromatic rings. The van der Waals surface area contributed by atoms with Gasteiger partial charge < -0.3 is 19.9 Å². The summed E-state index contributed by atoms with van der Waals surface area (Å²) in [7, 11) is 1.91. The van der Waals surface area contributed by atoms with Gasteiger partial charge in [-0.25, -0.2) is 9.29 Å². The van der Waals surface area contributed by atoms with Gasteiger partial charge in [0, 0.05) is 61.8 Å². The highest BCUT2D eigenvalue weighted by molar-refractivity contribution is 7.97. The average Bonchev–Trinajstić information content (AvgIpc) is 3.57. The standard InChI is InChI=1S/C25H31N7O3S/c1-17-21(36-31-11-12-32-19(15-31)6-9-28-32)13-20(29(17)3)23(33)27-14-18-5-4-8-26-22(18)30-10-7-25(2,16-30)24(34)35/h4-6,8-9,13H,7,10-12,14-16H2,1-3H3,(H,27,33)(H,34,35). The number of rotatable bonds is 7. The van der Waals surface area contributed by atoms with Gasteiger partial charge in [0.1, 0.15) is 11.5 Å². The van der Waals surface area contributed by atoms with Crippen LogP contribution in [0.5, 0.6) is 0 Å². The number of aromatic nitrogens is 4. The maximum absolute atomic E-state index is 13.2. The van der Waals surface area contributed by atoms with Crippen LogP contribution in [0.3, 0.4) is 0 Å². The summed E-state index contributed by atoms with van der Waals surface area (Å²) in [5, 5.41) is 17.0. The van der Waals surface area contributed by atoms with E-state index in [1.54, 1.807) is 25.1 Å². The number of anilines is 1. The molecule has 0 saturated carbocycles. The number of aliphatic carboxylic acids is 1. The maximum Gasteiger partial charge on any atom is 0.311 e. The normalized spacial score (nSPS) is 19.9. The Labute approximate surface area is 214 Å². The number of fused-ring (bicyclic) bond motifs is 1. The Hall–Kier alpha value is -3.31. The maximum atomic E-state index is 13.2. The molecule has 11 heteroatoms. The minimum Gasteiger partial charge on any atom is -0.481 e. The van der Waals surface area contributed by atoms with Crippen molar-refractivity contribution in [2.45, 2.75) is 44.8 Å². The molecular weight excluding hydrogens is 478 g/mol. The second kappa shape index (κ2) is 9.62. The molecule has 1 fully saturated rings. The summed E-state index contributed by atoms with van der Waals surface area (Å²) < 4.78 is 6.25. The van der Waals surface area contributed by atoms with Gasteiger partial charge in [-0.2, -0.15) is 5.10 Å². The van der Waals surface area contributed by atoms with Gasteiger partial charge in [-0.3, -0.25) is 14.3 Å². The van der Waals surface area contributed by atoms with E-state index in [9.17, 15) is 14.7 Å². The van der Waals surface area contributed by atoms with Crippen molar-refractivity contribution in [3.8, 4) is 0 Å². The Balaban J connectivity index is 1.26. The molecule has 1 amide bonds. The zero-order chi connectivity index (χ0) is 25.4. The van der Waals surface area contributed by atoms with Gasteiger partial charge in [-0.15, -0.1) is 0 Å². The van der Waals surface area contributed by atoms with Gasteiger partial charge in [0.15, 0.2) is 0 Å². The molecule has 190 valence electrons. The van der Waals surface area contributed by atoms with E-state index in [-0.39, 0.29) is 5.91 Å². The Morgan fingerprint density at radius 1 is 1.22 bits per heavy atom. The van der Waals surface area contributed by atoms with Crippen LogP contribution in [0.15, 0.2) is 41.6 Å². The highest BCUT2D eigenvalue weighted by Crippen LogP contribution is 2.34. The van der Waals surface area contributed by atoms with E-state index in [1.165, 1.54) is 5.69 Å². The van der Waals surface area contributed by atoms with E-state index in [2.05, 4.69) is 19.7 Å². The molecule has 1 atom stereocenters. The van der Waals surface area contributed by atoms with Crippen molar-refractivity contribution < 1.29 is 14.7 Å². The zero-order valence-electron chi connectivity index (χ0n) is 20.8. The van der Waals surface area contributed by atoms with Gasteiger partial charge in [0.2, 0.25) is 0 Å². The van der Waals surface area contributed by atoms with Gasteiger partial charge in [0.05, 0.1) is 24.2 Å². The molecule has 5 heterocycles. The first-order valence-electron chi connectivity index (χ1n) is 12.1. The summed E-state index contributed by atoms with van der Waals surface area (Å²) >= 11 is 1.67. The summed E-state index contributed by atoms with van der Waals surface area (Å²) in [6.07, 6.45) is 4.10. The van der Waals surface area contributed by atoms with Crippen molar-refractivity contribution >= 4 is 29.6 Å². The fourth-order valence-corrected chi connectivity index (χ4v) is 5.88. The topological polar surface area (TPSA) is 109 Å². The fraction of sp³-hybridized carbons (Fsp3) is 0.440. The van der Waals surface area contributed by atoms with Crippen LogP contribution in [0.4, 0.5) is 5.82 Å². The van der Waals surface area contributed by atoms with E-state index in [0.717, 1.165) is 41.6 Å². The van der Waals surface area contributed by atoms with Crippen LogP contribution in [0.1, 0.15) is 40.8 Å². The molecule has 0 bridgehead atoms. The van der Waals surface area contributed by atoms with Gasteiger partial charge in [-0.05, 0) is 50.4 Å². The monoisotopic (exact) mass is 509 g/mol. The van der Waals surface area contributed by atoms with Crippen molar-refractivity contribution in [1.29, 1.82) is 0 Å². The van der Waals surface area contributed by atoms with Crippen LogP contribution < -0.4 is 10.2 Å². The molecule has 0 aliphatic carbocycles. The molecule has 10 nitrogen and oxygen atoms in total. The lowest BCUT2D eigenvalue weighted by Gasteiger charge is -2.26. The molecule has 0 spiro atoms. The second-order valence-corrected chi connectivity index (χ2v) is 10.9. The number of carbonyl (C=O) groups excluding carboxylic acids is 1. The number of carbonyl (C=O) groups is 2. The molecule has 1 unspecified atom stereocenters. The van der Waals surface area contributed by atoms with Crippen molar-refractivity contribution in [2.75, 3.05) is 24.5 Å². The SMILES string of the molecule is Cc1c(SN2CCn3nccc3C2)cc(C(=O)NCc2cccnc2N2CCC(C)(C(=O)O)C2)n1C. The number of carboxylic acid groups (broad SMARTS) is 1. The van der Waals surface area contributed by atoms with Crippen LogP contribution in [-0.4, -0.2) is 60.3 Å². The molecule has 0 aromatic carbocycles. The number of nitrogens with one attached hydrogen (secondary N) is 1. The summed E-state index contributed by atoms with van der Waals surface area (Å²) in [5.41, 5.74) is 2.90. The third kappa shape index (κ3) is 4.60. The number of hydrogen-bond donors (Lipinski definition) is 2. The molecule has 1 saturated heterocycles. The number of nitrogens with zero attached hydrogens (tertiary/aromatic N) is 6. The van der Waals surface area contributed by atoms with Gasteiger partial charge in [-0.1, -0.05) is 6.07 Å². The lowest BCUT2D eigenvalue weighted by atomic mass is 9.90. The lowest BCUT2D eigenvalue weighted by Crippen LogP contribution is -2.33. The predicted octanol–water partition coefficient (Wildman–Crippen LogP) is 2.68. The summed E-state index contributed by atoms with van der Waals surface area (Å²) in [6.45, 7) is 7.67. The molecule has 2 aliphatic rings. The molecule has 36 heavy (non-hydrogen) atoms. The van der Waals surface area contributed by atoms with Gasteiger partial charge in [0.25, 0.3) is 5.91 Å². The van der Waals surface area contributed by atoms with E-state index in [0.29, 0.717) is 31.7 Å². The van der Waals surface area contributed by atoms with Crippen LogP contribution in [0, 0.1) is 12.3 Å². The smallest absolute Gasteiger partial charge is 0.311 e. The number of amides is 1. The summed E-state index contributed by atoms with van der Waals surface area (Å²) in [6, 6.07) is 7.76. The minimum absolute atomic E-state index is 0.157. The Bertz CT molecular complexity index is 1300. The highest BCUT2D eigenvalue weighted by Gasteiger charge is 2.41. The molecule has 2 N–H and O–H groups in total. The first kappa shape index (κ1) is 24.4. The van der Waals surface area contributed by atoms with E-state index < -0.39 is 11.4 Å². The van der Waals surface area contributed by atoms with Crippen LogP contribution in [-0.2, 0) is 31.5 Å². The zero-order valence-corrected chi connectivity index (χ0v) is 21.6. The third-order valence-corrected chi connectivity index (χ3v) is 8.43. The summed E-state index contributed by atoms with van der Waals surface area (Å²) in [5.74, 6) is -0.221. The summed E-state index contributed by atoms with van der Waals surface area (Å²) in [4.78, 5) is 32.4. The Morgan fingerprint density at radius 3 is 2.83 bits per heavy atom. The largest absolute Gasteiger partial charge is 0.481 e. The van der Waals surface area contributed by atoms with Crippen molar-refractivity contribution in [1.82, 2.24) is 29.0 Å². The second-order valence-electron chi connectivity index (χ2n) is 9.74. The highest BCUT2D eigenvalue weighted by atomic mass is 32.2. The van der Waals surface area contributed by atoms with Crippen molar-refractivity contribution in [3.05, 3.63) is 59.3 Å². The Morgan fingerprint density at radius 2 is 2.06 bits per heavy atom. The van der Waals surface area contributed by atoms with Crippen molar-refractivity contribution in [2.24, 2.45) is 12.5 Å². The van der Waals surface area contributed by atoms with Crippen LogP contribution in [0.2, 0.25) is 0 Å². The van der Waals surface area contributed by atoms with E-state index >= 15 is 0 Å². The first-order valence-corrected chi connectivity index (χ1v) is 12.8. The van der Waals surface area contributed by atoms with Crippen LogP contribution >= 0.6 is 11.9 Å². The Kier molecular flexibility index (Phi) is 6.52. The van der Waals surface area contributed by atoms with E-state index in [4.69, 9.17) is 0 Å². The minimum atomic E-state index is -0.793. The third-order valence-electron chi connectivity index (χ3n) is 7.25. The molecule has 2 aliphatic heterocycles. The van der Waals surface area contributed by atoms with Crippen molar-refractivity contribution in [3.63, 3.8) is 0 Å². The quantitative estimate of drug-likeness (QED) is 0.468. The molecule has 0 radical (unpaired) electrons.